The van der Waals surface area contributed by atoms with Gasteiger partial charge in [0.1, 0.15) is 0 Å². The van der Waals surface area contributed by atoms with Crippen LogP contribution in [0.5, 0.6) is 11.5 Å². The minimum atomic E-state index is -3.93. The number of methoxy groups -OCH3 is 2. The summed E-state index contributed by atoms with van der Waals surface area (Å²) in [6.07, 6.45) is 0.753. The Balaban J connectivity index is 2.19. The van der Waals surface area contributed by atoms with Crippen LogP contribution < -0.4 is 19.5 Å². The molecule has 2 aromatic rings. The number of aryl methyl sites for hydroxylation is 2. The molecule has 0 saturated heterocycles. The summed E-state index contributed by atoms with van der Waals surface area (Å²) >= 11 is 0. The predicted octanol–water partition coefficient (Wildman–Crippen LogP) is 2.88. The summed E-state index contributed by atoms with van der Waals surface area (Å²) in [5.74, 6) is 0.266. The number of ether oxygens (including phenoxy) is 2. The molecule has 1 amide bonds. The molecule has 0 fully saturated rings. The number of carbonyl (C=O) groups excluding carboxylic acids is 1. The van der Waals surface area contributed by atoms with Gasteiger partial charge in [-0.05, 0) is 43.5 Å². The number of para-hydroxylation sites is 1. The van der Waals surface area contributed by atoms with Crippen molar-refractivity contribution in [2.75, 3.05) is 19.5 Å². The van der Waals surface area contributed by atoms with E-state index in [0.29, 0.717) is 11.4 Å². The fraction of sp³-hybridized carbons (Fsp3) is 0.350. The van der Waals surface area contributed by atoms with E-state index < -0.39 is 22.0 Å². The van der Waals surface area contributed by atoms with Crippen molar-refractivity contribution in [1.82, 2.24) is 4.72 Å². The minimum Gasteiger partial charge on any atom is -0.493 e. The molecule has 2 N–H and O–H groups in total. The third-order valence-corrected chi connectivity index (χ3v) is 5.92. The van der Waals surface area contributed by atoms with Crippen molar-refractivity contribution in [2.24, 2.45) is 0 Å². The monoisotopic (exact) mass is 406 g/mol. The molecule has 0 radical (unpaired) electrons. The molecule has 7 nitrogen and oxygen atoms in total. The highest BCUT2D eigenvalue weighted by molar-refractivity contribution is 7.89. The first kappa shape index (κ1) is 21.7. The average molecular weight is 407 g/mol. The number of hydrogen-bond donors (Lipinski definition) is 2. The van der Waals surface area contributed by atoms with Crippen LogP contribution in [0.1, 0.15) is 25.0 Å². The fourth-order valence-electron chi connectivity index (χ4n) is 2.77. The van der Waals surface area contributed by atoms with Crippen LogP contribution in [0.4, 0.5) is 5.69 Å². The van der Waals surface area contributed by atoms with Crippen LogP contribution in [0.2, 0.25) is 0 Å². The Morgan fingerprint density at radius 1 is 1.11 bits per heavy atom. The summed E-state index contributed by atoms with van der Waals surface area (Å²) in [6.45, 7) is 5.39. The molecule has 0 saturated carbocycles. The maximum Gasteiger partial charge on any atom is 0.242 e. The highest BCUT2D eigenvalue weighted by atomic mass is 32.2. The van der Waals surface area contributed by atoms with Gasteiger partial charge < -0.3 is 14.8 Å². The first-order valence-electron chi connectivity index (χ1n) is 8.87. The minimum absolute atomic E-state index is 0.0186. The Bertz CT molecular complexity index is 957. The van der Waals surface area contributed by atoms with E-state index in [-0.39, 0.29) is 10.6 Å². The van der Waals surface area contributed by atoms with Crippen LogP contribution in [-0.4, -0.2) is 34.6 Å². The van der Waals surface area contributed by atoms with E-state index in [1.165, 1.54) is 39.3 Å². The van der Waals surface area contributed by atoms with Crippen LogP contribution in [0.25, 0.3) is 0 Å². The van der Waals surface area contributed by atoms with E-state index in [0.717, 1.165) is 17.5 Å². The van der Waals surface area contributed by atoms with Crippen molar-refractivity contribution in [1.29, 1.82) is 0 Å². The summed E-state index contributed by atoms with van der Waals surface area (Å²) in [5.41, 5.74) is 2.62. The zero-order valence-corrected chi connectivity index (χ0v) is 17.5. The Kier molecular flexibility index (Phi) is 7.04. The van der Waals surface area contributed by atoms with Gasteiger partial charge in [0.25, 0.3) is 0 Å². The molecule has 0 spiro atoms. The second kappa shape index (κ2) is 9.07. The summed E-state index contributed by atoms with van der Waals surface area (Å²) in [6, 6.07) is 9.02. The van der Waals surface area contributed by atoms with Crippen LogP contribution in [0.15, 0.2) is 41.3 Å². The number of anilines is 1. The lowest BCUT2D eigenvalue weighted by molar-refractivity contribution is -0.117. The van der Waals surface area contributed by atoms with Gasteiger partial charge in [-0.3, -0.25) is 4.79 Å². The molecule has 8 heteroatoms. The van der Waals surface area contributed by atoms with E-state index >= 15 is 0 Å². The molecule has 28 heavy (non-hydrogen) atoms. The van der Waals surface area contributed by atoms with Gasteiger partial charge in [-0.15, -0.1) is 0 Å². The van der Waals surface area contributed by atoms with Crippen molar-refractivity contribution < 1.29 is 22.7 Å². The number of rotatable bonds is 8. The number of amides is 1. The average Bonchev–Trinajstić information content (AvgIpc) is 2.68. The predicted molar refractivity (Wildman–Crippen MR) is 109 cm³/mol. The Hall–Kier alpha value is -2.58. The summed E-state index contributed by atoms with van der Waals surface area (Å²) in [7, 11) is -1.04. The molecular formula is C20H26N2O5S. The normalized spacial score (nSPS) is 12.3. The number of hydrogen-bond acceptors (Lipinski definition) is 5. The third kappa shape index (κ3) is 4.82. The standard InChI is InChI=1S/C20H26N2O5S/c1-6-15-9-7-8-13(2)19(15)21-20(23)14(3)22-28(24,25)16-10-11-17(26-4)18(12-16)27-5/h7-12,14,22H,6H2,1-5H3,(H,21,23). The summed E-state index contributed by atoms with van der Waals surface area (Å²) < 4.78 is 38.0. The topological polar surface area (TPSA) is 93.7 Å². The lowest BCUT2D eigenvalue weighted by Gasteiger charge is -2.18. The molecule has 0 aliphatic rings. The highest BCUT2D eigenvalue weighted by Gasteiger charge is 2.24. The second-order valence-electron chi connectivity index (χ2n) is 6.31. The number of nitrogens with one attached hydrogen (secondary N) is 2. The lowest BCUT2D eigenvalue weighted by Crippen LogP contribution is -2.41. The molecule has 0 aromatic heterocycles. The van der Waals surface area contributed by atoms with E-state index in [2.05, 4.69) is 10.0 Å². The Morgan fingerprint density at radius 3 is 2.39 bits per heavy atom. The highest BCUT2D eigenvalue weighted by Crippen LogP contribution is 2.29. The Morgan fingerprint density at radius 2 is 1.79 bits per heavy atom. The largest absolute Gasteiger partial charge is 0.493 e. The maximum absolute atomic E-state index is 12.7. The molecule has 0 heterocycles. The molecule has 0 aliphatic heterocycles. The van der Waals surface area contributed by atoms with Gasteiger partial charge in [0.05, 0.1) is 25.2 Å². The van der Waals surface area contributed by atoms with Gasteiger partial charge >= 0.3 is 0 Å². The maximum atomic E-state index is 12.7. The first-order valence-corrected chi connectivity index (χ1v) is 10.4. The van der Waals surface area contributed by atoms with Crippen molar-refractivity contribution in [3.05, 3.63) is 47.5 Å². The fourth-order valence-corrected chi connectivity index (χ4v) is 3.99. The van der Waals surface area contributed by atoms with Gasteiger partial charge in [-0.2, -0.15) is 4.72 Å². The van der Waals surface area contributed by atoms with Gasteiger partial charge in [0, 0.05) is 11.8 Å². The van der Waals surface area contributed by atoms with E-state index in [1.54, 1.807) is 0 Å². The van der Waals surface area contributed by atoms with Crippen LogP contribution in [0, 0.1) is 6.92 Å². The van der Waals surface area contributed by atoms with Crippen LogP contribution >= 0.6 is 0 Å². The molecule has 2 rings (SSSR count). The van der Waals surface area contributed by atoms with Crippen molar-refractivity contribution in [2.45, 2.75) is 38.1 Å². The third-order valence-electron chi connectivity index (χ3n) is 4.38. The van der Waals surface area contributed by atoms with Crippen LogP contribution in [-0.2, 0) is 21.2 Å². The number of sulfonamides is 1. The molecule has 152 valence electrons. The molecule has 1 atom stereocenters. The Labute approximate surface area is 166 Å². The van der Waals surface area contributed by atoms with Crippen LogP contribution in [0.3, 0.4) is 0 Å². The quantitative estimate of drug-likeness (QED) is 0.703. The molecule has 2 aromatic carbocycles. The van der Waals surface area contributed by atoms with E-state index in [1.807, 2.05) is 32.0 Å². The van der Waals surface area contributed by atoms with Gasteiger partial charge in [0.15, 0.2) is 11.5 Å². The first-order chi connectivity index (χ1) is 13.2. The number of benzene rings is 2. The van der Waals surface area contributed by atoms with E-state index in [9.17, 15) is 13.2 Å². The van der Waals surface area contributed by atoms with Crippen molar-refractivity contribution in [3.8, 4) is 11.5 Å². The van der Waals surface area contributed by atoms with Gasteiger partial charge in [-0.1, -0.05) is 25.1 Å². The van der Waals surface area contributed by atoms with Gasteiger partial charge in [0.2, 0.25) is 15.9 Å². The smallest absolute Gasteiger partial charge is 0.242 e. The zero-order valence-electron chi connectivity index (χ0n) is 16.7. The summed E-state index contributed by atoms with van der Waals surface area (Å²) in [4.78, 5) is 12.6. The van der Waals surface area contributed by atoms with Crippen molar-refractivity contribution >= 4 is 21.6 Å². The number of carbonyl (C=O) groups is 1. The zero-order chi connectivity index (χ0) is 20.9. The second-order valence-corrected chi connectivity index (χ2v) is 8.03. The summed E-state index contributed by atoms with van der Waals surface area (Å²) in [5, 5.41) is 2.83. The molecule has 1 unspecified atom stereocenters. The molecular weight excluding hydrogens is 380 g/mol. The SMILES string of the molecule is CCc1cccc(C)c1NC(=O)C(C)NS(=O)(=O)c1ccc(OC)c(OC)c1. The molecule has 0 aliphatic carbocycles. The molecule has 0 bridgehead atoms. The van der Waals surface area contributed by atoms with Crippen molar-refractivity contribution in [3.63, 3.8) is 0 Å². The van der Waals surface area contributed by atoms with E-state index in [4.69, 9.17) is 9.47 Å². The lowest BCUT2D eigenvalue weighted by atomic mass is 10.1. The van der Waals surface area contributed by atoms with Gasteiger partial charge in [-0.25, -0.2) is 8.42 Å².